The second kappa shape index (κ2) is 44.8. The SMILES string of the molecule is CCCCC/C=C\C/C=C\CCCCCCCC(=O)OCC(COC(=O)CCCCCCC/C=C\C/C=C\CCCCC)OC(=O)CCC(CCCCCC)OC(=O)NC(C)(C)CN1CCCC1. The Kier molecular flexibility index (Phi) is 41.2. The van der Waals surface area contributed by atoms with Gasteiger partial charge in [0, 0.05) is 25.8 Å². The first-order valence-corrected chi connectivity index (χ1v) is 27.9. The Hall–Kier alpha value is -3.40. The zero-order valence-corrected chi connectivity index (χ0v) is 44.4. The van der Waals surface area contributed by atoms with Crippen LogP contribution in [0, 0.1) is 0 Å². The molecule has 10 nitrogen and oxygen atoms in total. The molecule has 0 radical (unpaired) electrons. The van der Waals surface area contributed by atoms with E-state index in [4.69, 9.17) is 18.9 Å². The Labute approximate surface area is 416 Å². The molecule has 1 fully saturated rings. The second-order valence-corrected chi connectivity index (χ2v) is 19.8. The molecule has 0 saturated carbocycles. The van der Waals surface area contributed by atoms with Crippen LogP contribution in [0.3, 0.4) is 0 Å². The molecular weight excluding hydrogens is 853 g/mol. The van der Waals surface area contributed by atoms with Gasteiger partial charge in [0.25, 0.3) is 0 Å². The summed E-state index contributed by atoms with van der Waals surface area (Å²) >= 11 is 0. The molecule has 0 bridgehead atoms. The van der Waals surface area contributed by atoms with E-state index in [1.54, 1.807) is 0 Å². The van der Waals surface area contributed by atoms with Gasteiger partial charge in [0.1, 0.15) is 19.3 Å². The fraction of sp³-hybridized carbons (Fsp3) is 0.793. The molecule has 0 spiro atoms. The van der Waals surface area contributed by atoms with Crippen molar-refractivity contribution >= 4 is 24.0 Å². The van der Waals surface area contributed by atoms with Gasteiger partial charge in [0.15, 0.2) is 6.10 Å². The molecule has 68 heavy (non-hydrogen) atoms. The highest BCUT2D eigenvalue weighted by Crippen LogP contribution is 2.18. The minimum Gasteiger partial charge on any atom is -0.462 e. The molecule has 10 heteroatoms. The Morgan fingerprint density at radius 3 is 1.40 bits per heavy atom. The van der Waals surface area contributed by atoms with Crippen LogP contribution < -0.4 is 5.32 Å². The number of hydrogen-bond acceptors (Lipinski definition) is 9. The average Bonchev–Trinajstić information content (AvgIpc) is 3.82. The van der Waals surface area contributed by atoms with Crippen LogP contribution in [0.25, 0.3) is 0 Å². The lowest BCUT2D eigenvalue weighted by Crippen LogP contribution is -2.51. The fourth-order valence-electron chi connectivity index (χ4n) is 8.37. The zero-order chi connectivity index (χ0) is 49.6. The molecule has 0 aromatic heterocycles. The molecule has 1 N–H and O–H groups in total. The molecule has 1 saturated heterocycles. The molecule has 1 amide bonds. The summed E-state index contributed by atoms with van der Waals surface area (Å²) in [5.74, 6) is -1.22. The van der Waals surface area contributed by atoms with Gasteiger partial charge < -0.3 is 29.2 Å². The van der Waals surface area contributed by atoms with Gasteiger partial charge in [0.2, 0.25) is 0 Å². The lowest BCUT2D eigenvalue weighted by atomic mass is 10.0. The number of unbranched alkanes of at least 4 members (excludes halogenated alkanes) is 19. The molecule has 1 heterocycles. The molecule has 0 aromatic rings. The van der Waals surface area contributed by atoms with Gasteiger partial charge in [-0.05, 0) is 136 Å². The van der Waals surface area contributed by atoms with Gasteiger partial charge in [0.05, 0.1) is 5.54 Å². The monoisotopic (exact) mass is 955 g/mol. The van der Waals surface area contributed by atoms with Crippen molar-refractivity contribution in [3.8, 4) is 0 Å². The van der Waals surface area contributed by atoms with Crippen LogP contribution in [0.1, 0.15) is 247 Å². The van der Waals surface area contributed by atoms with Crippen molar-refractivity contribution < 1.29 is 38.1 Å². The van der Waals surface area contributed by atoms with Crippen LogP contribution in [0.15, 0.2) is 48.6 Å². The summed E-state index contributed by atoms with van der Waals surface area (Å²) in [4.78, 5) is 54.4. The normalized spacial score (nSPS) is 14.0. The Morgan fingerprint density at radius 1 is 0.485 bits per heavy atom. The standard InChI is InChI=1S/C58H102N2O8/c1-6-9-12-15-17-19-21-23-25-27-29-31-33-35-38-43-54(61)65-49-53(50-66-55(62)44-39-36-34-32-30-28-26-24-22-20-18-16-13-10-7-2)67-56(63)46-45-52(42-37-14-11-8-3)68-57(64)59-58(4,5)51-60-47-40-41-48-60/h17-20,23-26,52-53H,6-16,21-22,27-51H2,1-5H3,(H,59,64)/b19-17-,20-18-,25-23-,26-24-. The number of amides is 1. The molecule has 1 aliphatic rings. The molecule has 1 atom stereocenters. The number of nitrogens with one attached hydrogen (secondary N) is 1. The lowest BCUT2D eigenvalue weighted by molar-refractivity contribution is -0.167. The van der Waals surface area contributed by atoms with E-state index in [1.807, 2.05) is 13.8 Å². The van der Waals surface area contributed by atoms with Crippen molar-refractivity contribution in [3.63, 3.8) is 0 Å². The molecule has 392 valence electrons. The first kappa shape index (κ1) is 62.6. The topological polar surface area (TPSA) is 120 Å². The number of esters is 3. The highest BCUT2D eigenvalue weighted by molar-refractivity contribution is 5.71. The molecule has 1 aliphatic heterocycles. The third-order valence-corrected chi connectivity index (χ3v) is 12.4. The van der Waals surface area contributed by atoms with Crippen molar-refractivity contribution in [1.82, 2.24) is 10.2 Å². The minimum atomic E-state index is -0.928. The summed E-state index contributed by atoms with van der Waals surface area (Å²) in [6.07, 6.45) is 48.4. The van der Waals surface area contributed by atoms with Gasteiger partial charge in [-0.3, -0.25) is 14.4 Å². The number of hydrogen-bond donors (Lipinski definition) is 1. The molecule has 0 aliphatic carbocycles. The lowest BCUT2D eigenvalue weighted by Gasteiger charge is -2.31. The summed E-state index contributed by atoms with van der Waals surface area (Å²) in [5.41, 5.74) is -0.459. The Morgan fingerprint density at radius 2 is 0.912 bits per heavy atom. The number of likely N-dealkylation sites (tertiary alicyclic amines) is 1. The van der Waals surface area contributed by atoms with Gasteiger partial charge in [-0.1, -0.05) is 153 Å². The largest absolute Gasteiger partial charge is 0.462 e. The first-order chi connectivity index (χ1) is 33.1. The average molecular weight is 955 g/mol. The van der Waals surface area contributed by atoms with Gasteiger partial charge in [-0.15, -0.1) is 0 Å². The molecule has 1 unspecified atom stereocenters. The van der Waals surface area contributed by atoms with E-state index in [0.29, 0.717) is 12.8 Å². The van der Waals surface area contributed by atoms with E-state index in [0.717, 1.165) is 135 Å². The minimum absolute atomic E-state index is 0.0131. The summed E-state index contributed by atoms with van der Waals surface area (Å²) < 4.78 is 22.9. The van der Waals surface area contributed by atoms with Crippen LogP contribution in [0.4, 0.5) is 4.79 Å². The third kappa shape index (κ3) is 40.5. The van der Waals surface area contributed by atoms with Crippen LogP contribution >= 0.6 is 0 Å². The van der Waals surface area contributed by atoms with E-state index in [-0.39, 0.29) is 44.4 Å². The quantitative estimate of drug-likeness (QED) is 0.0275. The summed E-state index contributed by atoms with van der Waals surface area (Å²) in [7, 11) is 0. The van der Waals surface area contributed by atoms with Gasteiger partial charge >= 0.3 is 24.0 Å². The Balaban J connectivity index is 2.61. The van der Waals surface area contributed by atoms with E-state index in [1.165, 1.54) is 64.2 Å². The maximum absolute atomic E-state index is 13.3. The summed E-state index contributed by atoms with van der Waals surface area (Å²) in [6.45, 7) is 13.1. The summed E-state index contributed by atoms with van der Waals surface area (Å²) in [5, 5.41) is 3.05. The molecular formula is C58H102N2O8. The molecule has 0 aromatic carbocycles. The summed E-state index contributed by atoms with van der Waals surface area (Å²) in [6, 6.07) is 0. The van der Waals surface area contributed by atoms with Crippen molar-refractivity contribution in [2.75, 3.05) is 32.8 Å². The zero-order valence-electron chi connectivity index (χ0n) is 44.4. The van der Waals surface area contributed by atoms with Crippen LogP contribution in [0.2, 0.25) is 0 Å². The number of alkyl carbamates (subject to hydrolysis) is 1. The fourth-order valence-corrected chi connectivity index (χ4v) is 8.37. The predicted octanol–water partition coefficient (Wildman–Crippen LogP) is 15.3. The first-order valence-electron chi connectivity index (χ1n) is 27.9. The maximum atomic E-state index is 13.3. The number of carbonyl (C=O) groups excluding carboxylic acids is 4. The maximum Gasteiger partial charge on any atom is 0.407 e. The van der Waals surface area contributed by atoms with Crippen molar-refractivity contribution in [2.45, 2.75) is 264 Å². The highest BCUT2D eigenvalue weighted by atomic mass is 16.6. The van der Waals surface area contributed by atoms with E-state index >= 15 is 0 Å². The van der Waals surface area contributed by atoms with Crippen molar-refractivity contribution in [2.24, 2.45) is 0 Å². The number of nitrogens with zero attached hydrogens (tertiary/aromatic N) is 1. The van der Waals surface area contributed by atoms with Crippen LogP contribution in [-0.2, 0) is 33.3 Å². The number of ether oxygens (including phenoxy) is 4. The number of carbonyl (C=O) groups is 4. The van der Waals surface area contributed by atoms with Crippen LogP contribution in [0.5, 0.6) is 0 Å². The second-order valence-electron chi connectivity index (χ2n) is 19.8. The predicted molar refractivity (Wildman–Crippen MR) is 282 cm³/mol. The third-order valence-electron chi connectivity index (χ3n) is 12.4. The van der Waals surface area contributed by atoms with Gasteiger partial charge in [-0.2, -0.15) is 0 Å². The van der Waals surface area contributed by atoms with E-state index in [2.05, 4.69) is 79.6 Å². The van der Waals surface area contributed by atoms with Crippen LogP contribution in [-0.4, -0.2) is 79.5 Å². The van der Waals surface area contributed by atoms with E-state index in [9.17, 15) is 19.2 Å². The molecule has 1 rings (SSSR count). The highest BCUT2D eigenvalue weighted by Gasteiger charge is 2.28. The van der Waals surface area contributed by atoms with Crippen molar-refractivity contribution in [1.29, 1.82) is 0 Å². The number of allylic oxidation sites excluding steroid dienone is 8. The smallest absolute Gasteiger partial charge is 0.407 e. The van der Waals surface area contributed by atoms with E-state index < -0.39 is 29.8 Å². The Bertz CT molecular complexity index is 1310. The van der Waals surface area contributed by atoms with Crippen molar-refractivity contribution in [3.05, 3.63) is 48.6 Å². The number of rotatable bonds is 45. The van der Waals surface area contributed by atoms with Gasteiger partial charge in [-0.25, -0.2) is 4.79 Å².